The molecule has 2 fully saturated rings. The quantitative estimate of drug-likeness (QED) is 0.453. The maximum Gasteiger partial charge on any atom is 0.391 e. The van der Waals surface area contributed by atoms with E-state index in [1.807, 2.05) is 13.8 Å². The van der Waals surface area contributed by atoms with E-state index in [0.717, 1.165) is 26.3 Å². The molecule has 0 radical (unpaired) electrons. The minimum atomic E-state index is -4.49. The van der Waals surface area contributed by atoms with Gasteiger partial charge in [0.05, 0.1) is 30.5 Å². The number of piperidine rings is 1. The van der Waals surface area contributed by atoms with Gasteiger partial charge in [0.1, 0.15) is 30.0 Å². The lowest BCUT2D eigenvalue weighted by Crippen LogP contribution is -2.56. The first-order valence-corrected chi connectivity index (χ1v) is 13.7. The van der Waals surface area contributed by atoms with Gasteiger partial charge in [0.25, 0.3) is 0 Å². The van der Waals surface area contributed by atoms with Crippen LogP contribution >= 0.6 is 0 Å². The molecule has 2 aromatic heterocycles. The van der Waals surface area contributed by atoms with E-state index in [0.29, 0.717) is 30.2 Å². The standard InChI is InChI=1S/C28H34F3N5O5/c1-16-10-21(22(37)11-17(2)28(29,30)31)33-25-24(16)35-9-5-6-18(13-35)36(25)26(38)34-23-8-7-19(12-32-23)39-14-20-15-40-27(3,4)41-20/h7-8,10,12,17-18,20H,5-6,9,11,13-15H2,1-4H3,(H,32,34,38)/t17-,18-,20+/m0/s1. The molecular formula is C28H34F3N5O5. The summed E-state index contributed by atoms with van der Waals surface area (Å²) >= 11 is 0. The SMILES string of the molecule is Cc1cc(C(=O)C[C@H](C)C(F)(F)F)nc2c1N1CCC[C@@H](C1)N2C(=O)Nc1ccc(OC[C@@H]2COC(C)(C)O2)cn1. The Bertz CT molecular complexity index is 1300. The monoisotopic (exact) mass is 577 g/mol. The number of hydrogen-bond acceptors (Lipinski definition) is 8. The second-order valence-corrected chi connectivity index (χ2v) is 11.2. The fourth-order valence-corrected chi connectivity index (χ4v) is 5.40. The molecule has 5 rings (SSSR count). The maximum atomic E-state index is 13.6. The zero-order valence-corrected chi connectivity index (χ0v) is 23.5. The molecule has 2 amide bonds. The molecule has 222 valence electrons. The van der Waals surface area contributed by atoms with Crippen LogP contribution in [0.4, 0.5) is 35.3 Å². The number of amides is 2. The zero-order valence-electron chi connectivity index (χ0n) is 23.5. The van der Waals surface area contributed by atoms with Crippen LogP contribution in [0, 0.1) is 12.8 Å². The Hall–Kier alpha value is -3.45. The number of ether oxygens (including phenoxy) is 3. The summed E-state index contributed by atoms with van der Waals surface area (Å²) in [7, 11) is 0. The van der Waals surface area contributed by atoms with Gasteiger partial charge in [-0.1, -0.05) is 6.92 Å². The predicted molar refractivity (Wildman–Crippen MR) is 145 cm³/mol. The van der Waals surface area contributed by atoms with E-state index < -0.39 is 36.1 Å². The molecule has 2 saturated heterocycles. The van der Waals surface area contributed by atoms with Gasteiger partial charge in [0, 0.05) is 19.5 Å². The van der Waals surface area contributed by atoms with Crippen molar-refractivity contribution in [2.75, 3.05) is 41.4 Å². The number of Topliss-reactive ketones (excluding diaryl/α,β-unsaturated/α-hetero) is 1. The van der Waals surface area contributed by atoms with E-state index in [2.05, 4.69) is 20.2 Å². The number of alkyl halides is 3. The molecule has 3 aliphatic rings. The third-order valence-corrected chi connectivity index (χ3v) is 7.50. The Morgan fingerprint density at radius 3 is 2.73 bits per heavy atom. The van der Waals surface area contributed by atoms with Crippen LogP contribution in [0.3, 0.4) is 0 Å². The number of carbonyl (C=O) groups excluding carboxylic acids is 2. The van der Waals surface area contributed by atoms with Gasteiger partial charge in [-0.15, -0.1) is 0 Å². The highest BCUT2D eigenvalue weighted by molar-refractivity contribution is 6.05. The number of pyridine rings is 2. The summed E-state index contributed by atoms with van der Waals surface area (Å²) in [6, 6.07) is 4.09. The summed E-state index contributed by atoms with van der Waals surface area (Å²) in [6.45, 7) is 8.48. The number of aromatic nitrogens is 2. The van der Waals surface area contributed by atoms with Crippen LogP contribution < -0.4 is 19.9 Å². The van der Waals surface area contributed by atoms with Gasteiger partial charge < -0.3 is 19.1 Å². The molecule has 13 heteroatoms. The minimum Gasteiger partial charge on any atom is -0.489 e. The van der Waals surface area contributed by atoms with E-state index in [-0.39, 0.29) is 36.1 Å². The first-order valence-electron chi connectivity index (χ1n) is 13.7. The number of urea groups is 1. The molecular weight excluding hydrogens is 543 g/mol. The molecule has 2 aromatic rings. The number of aryl methyl sites for hydroxylation is 1. The molecule has 41 heavy (non-hydrogen) atoms. The van der Waals surface area contributed by atoms with Gasteiger partial charge in [0.2, 0.25) is 0 Å². The fraction of sp³-hybridized carbons (Fsp3) is 0.571. The minimum absolute atomic E-state index is 0.0871. The number of fused-ring (bicyclic) bond motifs is 4. The van der Waals surface area contributed by atoms with Crippen molar-refractivity contribution in [1.82, 2.24) is 9.97 Å². The van der Waals surface area contributed by atoms with Crippen LogP contribution in [0.5, 0.6) is 5.75 Å². The summed E-state index contributed by atoms with van der Waals surface area (Å²) in [4.78, 5) is 38.8. The Morgan fingerprint density at radius 2 is 2.07 bits per heavy atom. The summed E-state index contributed by atoms with van der Waals surface area (Å²) in [5, 5.41) is 2.79. The molecule has 2 bridgehead atoms. The first kappa shape index (κ1) is 29.1. The van der Waals surface area contributed by atoms with E-state index in [1.54, 1.807) is 19.1 Å². The van der Waals surface area contributed by atoms with E-state index in [1.165, 1.54) is 17.2 Å². The predicted octanol–water partition coefficient (Wildman–Crippen LogP) is 5.11. The Kier molecular flexibility index (Phi) is 7.86. The van der Waals surface area contributed by atoms with Crippen LogP contribution in [0.1, 0.15) is 56.1 Å². The van der Waals surface area contributed by atoms with Crippen molar-refractivity contribution >= 4 is 29.1 Å². The average Bonchev–Trinajstić information content (AvgIpc) is 3.25. The molecule has 3 aliphatic heterocycles. The molecule has 1 N–H and O–H groups in total. The van der Waals surface area contributed by atoms with Crippen LogP contribution in [0.2, 0.25) is 0 Å². The summed E-state index contributed by atoms with van der Waals surface area (Å²) in [5.74, 6) is -2.13. The number of nitrogens with one attached hydrogen (secondary N) is 1. The Balaban J connectivity index is 1.32. The van der Waals surface area contributed by atoms with Crippen molar-refractivity contribution in [2.24, 2.45) is 5.92 Å². The maximum absolute atomic E-state index is 13.6. The summed E-state index contributed by atoms with van der Waals surface area (Å²) < 4.78 is 56.3. The molecule has 3 atom stereocenters. The number of ketones is 1. The Morgan fingerprint density at radius 1 is 1.29 bits per heavy atom. The highest BCUT2D eigenvalue weighted by atomic mass is 19.4. The second-order valence-electron chi connectivity index (χ2n) is 11.2. The fourth-order valence-electron chi connectivity index (χ4n) is 5.40. The lowest BCUT2D eigenvalue weighted by molar-refractivity contribution is -0.168. The largest absolute Gasteiger partial charge is 0.489 e. The van der Waals surface area contributed by atoms with Crippen molar-refractivity contribution in [2.45, 2.75) is 71.1 Å². The van der Waals surface area contributed by atoms with Gasteiger partial charge in [-0.3, -0.25) is 15.0 Å². The topological polar surface area (TPSA) is 106 Å². The van der Waals surface area contributed by atoms with Crippen molar-refractivity contribution in [1.29, 1.82) is 0 Å². The molecule has 0 aliphatic carbocycles. The van der Waals surface area contributed by atoms with Crippen LogP contribution in [-0.2, 0) is 9.47 Å². The second kappa shape index (κ2) is 11.1. The number of halogens is 3. The Labute approximate surface area is 236 Å². The molecule has 10 nitrogen and oxygen atoms in total. The third kappa shape index (κ3) is 6.40. The normalized spacial score (nSPS) is 22.2. The smallest absolute Gasteiger partial charge is 0.391 e. The number of anilines is 3. The zero-order chi connectivity index (χ0) is 29.5. The van der Waals surface area contributed by atoms with Crippen LogP contribution in [0.15, 0.2) is 24.4 Å². The first-order chi connectivity index (χ1) is 19.3. The number of hydrogen-bond donors (Lipinski definition) is 1. The average molecular weight is 578 g/mol. The molecule has 0 saturated carbocycles. The number of rotatable bonds is 7. The summed E-state index contributed by atoms with van der Waals surface area (Å²) in [5.41, 5.74) is 1.29. The van der Waals surface area contributed by atoms with Crippen molar-refractivity contribution in [3.63, 3.8) is 0 Å². The van der Waals surface area contributed by atoms with E-state index in [4.69, 9.17) is 14.2 Å². The van der Waals surface area contributed by atoms with Crippen LogP contribution in [-0.4, -0.2) is 72.2 Å². The highest BCUT2D eigenvalue weighted by Crippen LogP contribution is 2.41. The number of nitrogens with zero attached hydrogens (tertiary/aromatic N) is 4. The van der Waals surface area contributed by atoms with Gasteiger partial charge in [0.15, 0.2) is 17.4 Å². The summed E-state index contributed by atoms with van der Waals surface area (Å²) in [6.07, 6.45) is -2.35. The van der Waals surface area contributed by atoms with E-state index in [9.17, 15) is 22.8 Å². The lowest BCUT2D eigenvalue weighted by atomic mass is 9.96. The highest BCUT2D eigenvalue weighted by Gasteiger charge is 2.41. The van der Waals surface area contributed by atoms with Gasteiger partial charge >= 0.3 is 12.2 Å². The number of carbonyl (C=O) groups is 2. The third-order valence-electron chi connectivity index (χ3n) is 7.50. The van der Waals surface area contributed by atoms with Gasteiger partial charge in [-0.05, 0) is 57.4 Å². The van der Waals surface area contributed by atoms with Crippen molar-refractivity contribution in [3.8, 4) is 5.75 Å². The molecule has 0 spiro atoms. The van der Waals surface area contributed by atoms with E-state index >= 15 is 0 Å². The molecule has 0 aromatic carbocycles. The van der Waals surface area contributed by atoms with Crippen LogP contribution in [0.25, 0.3) is 0 Å². The molecule has 0 unspecified atom stereocenters. The lowest BCUT2D eigenvalue weighted by Gasteiger charge is -2.46. The van der Waals surface area contributed by atoms with Gasteiger partial charge in [-0.2, -0.15) is 13.2 Å². The van der Waals surface area contributed by atoms with Gasteiger partial charge in [-0.25, -0.2) is 14.8 Å². The molecule has 5 heterocycles. The van der Waals surface area contributed by atoms with Crippen molar-refractivity contribution in [3.05, 3.63) is 35.7 Å². The van der Waals surface area contributed by atoms with Crippen molar-refractivity contribution < 1.29 is 37.0 Å².